The standard InChI is InChI=1S/C14H14ClN3O4S/c15-9-5-10(11(19)7-18-13(20)8-23-14(18)21)16-12(6-9)17-1-3-22-4-2-17/h5-6H,1-4,7-8H2. The number of amides is 2. The highest BCUT2D eigenvalue weighted by atomic mass is 35.5. The number of thioether (sulfide) groups is 1. The number of aromatic nitrogens is 1. The van der Waals surface area contributed by atoms with Crippen LogP contribution in [0.1, 0.15) is 10.5 Å². The zero-order chi connectivity index (χ0) is 16.4. The first-order chi connectivity index (χ1) is 11.0. The number of carbonyl (C=O) groups excluding carboxylic acids is 3. The van der Waals surface area contributed by atoms with Gasteiger partial charge in [0.15, 0.2) is 0 Å². The molecule has 3 heterocycles. The van der Waals surface area contributed by atoms with Gasteiger partial charge in [-0.3, -0.25) is 19.3 Å². The van der Waals surface area contributed by atoms with Crippen LogP contribution in [0, 0.1) is 0 Å². The van der Waals surface area contributed by atoms with Gasteiger partial charge in [-0.15, -0.1) is 0 Å². The van der Waals surface area contributed by atoms with Crippen LogP contribution in [-0.4, -0.2) is 65.4 Å². The van der Waals surface area contributed by atoms with Gasteiger partial charge in [-0.25, -0.2) is 4.98 Å². The van der Waals surface area contributed by atoms with Crippen LogP contribution < -0.4 is 4.90 Å². The van der Waals surface area contributed by atoms with Gasteiger partial charge in [0, 0.05) is 18.1 Å². The number of hydrogen-bond donors (Lipinski definition) is 0. The van der Waals surface area contributed by atoms with Crippen LogP contribution in [0.2, 0.25) is 5.02 Å². The van der Waals surface area contributed by atoms with Crippen molar-refractivity contribution in [3.63, 3.8) is 0 Å². The highest BCUT2D eigenvalue weighted by Gasteiger charge is 2.32. The summed E-state index contributed by atoms with van der Waals surface area (Å²) in [5, 5.41) is -0.0166. The van der Waals surface area contributed by atoms with Gasteiger partial charge in [-0.05, 0) is 12.1 Å². The van der Waals surface area contributed by atoms with E-state index in [9.17, 15) is 14.4 Å². The van der Waals surface area contributed by atoms with Gasteiger partial charge in [0.2, 0.25) is 11.7 Å². The molecule has 0 aromatic carbocycles. The summed E-state index contributed by atoms with van der Waals surface area (Å²) >= 11 is 6.98. The number of rotatable bonds is 4. The summed E-state index contributed by atoms with van der Waals surface area (Å²) in [4.78, 5) is 42.8. The van der Waals surface area contributed by atoms with Crippen molar-refractivity contribution in [3.05, 3.63) is 22.8 Å². The number of ether oxygens (including phenoxy) is 1. The van der Waals surface area contributed by atoms with Crippen LogP contribution in [-0.2, 0) is 9.53 Å². The fraction of sp³-hybridized carbons (Fsp3) is 0.429. The molecule has 0 N–H and O–H groups in total. The summed E-state index contributed by atoms with van der Waals surface area (Å²) in [6.45, 7) is 2.21. The molecule has 0 unspecified atom stereocenters. The van der Waals surface area contributed by atoms with E-state index in [0.29, 0.717) is 37.1 Å². The van der Waals surface area contributed by atoms with Gasteiger partial charge in [0.25, 0.3) is 5.24 Å². The van der Waals surface area contributed by atoms with E-state index in [1.165, 1.54) is 6.07 Å². The number of morpholine rings is 1. The first-order valence-corrected chi connectivity index (χ1v) is 8.41. The monoisotopic (exact) mass is 355 g/mol. The Morgan fingerprint density at radius 2 is 2.04 bits per heavy atom. The Labute approximate surface area is 141 Å². The molecule has 2 saturated heterocycles. The molecule has 0 saturated carbocycles. The zero-order valence-corrected chi connectivity index (χ0v) is 13.7. The Hall–Kier alpha value is -1.64. The second-order valence-electron chi connectivity index (χ2n) is 5.09. The van der Waals surface area contributed by atoms with E-state index in [1.807, 2.05) is 4.90 Å². The van der Waals surface area contributed by atoms with E-state index >= 15 is 0 Å². The molecule has 3 rings (SSSR count). The smallest absolute Gasteiger partial charge is 0.289 e. The number of pyridine rings is 1. The minimum absolute atomic E-state index is 0.0775. The summed E-state index contributed by atoms with van der Waals surface area (Å²) in [7, 11) is 0. The van der Waals surface area contributed by atoms with Crippen molar-refractivity contribution in [1.82, 2.24) is 9.88 Å². The second kappa shape index (κ2) is 6.86. The largest absolute Gasteiger partial charge is 0.378 e. The maximum atomic E-state index is 12.4. The Morgan fingerprint density at radius 3 is 2.70 bits per heavy atom. The molecule has 0 spiro atoms. The number of halogens is 1. The van der Waals surface area contributed by atoms with Crippen molar-refractivity contribution in [2.75, 3.05) is 43.5 Å². The van der Waals surface area contributed by atoms with Crippen molar-refractivity contribution < 1.29 is 19.1 Å². The van der Waals surface area contributed by atoms with Crippen molar-refractivity contribution in [2.24, 2.45) is 0 Å². The predicted octanol–water partition coefficient (Wildman–Crippen LogP) is 1.45. The van der Waals surface area contributed by atoms with Gasteiger partial charge < -0.3 is 9.64 Å². The van der Waals surface area contributed by atoms with Crippen molar-refractivity contribution >= 4 is 46.1 Å². The Kier molecular flexibility index (Phi) is 4.84. The molecule has 0 bridgehead atoms. The maximum Gasteiger partial charge on any atom is 0.289 e. The maximum absolute atomic E-state index is 12.4. The van der Waals surface area contributed by atoms with E-state index in [4.69, 9.17) is 16.3 Å². The first-order valence-electron chi connectivity index (χ1n) is 7.05. The summed E-state index contributed by atoms with van der Waals surface area (Å²) in [6, 6.07) is 3.14. The Balaban J connectivity index is 1.78. The molecule has 2 aliphatic rings. The van der Waals surface area contributed by atoms with Crippen LogP contribution in [0.15, 0.2) is 12.1 Å². The normalized spacial score (nSPS) is 18.7. The molecular weight excluding hydrogens is 342 g/mol. The highest BCUT2D eigenvalue weighted by molar-refractivity contribution is 8.14. The molecule has 2 fully saturated rings. The third-order valence-electron chi connectivity index (χ3n) is 3.54. The summed E-state index contributed by atoms with van der Waals surface area (Å²) in [5.41, 5.74) is 0.150. The van der Waals surface area contributed by atoms with E-state index in [0.717, 1.165) is 16.7 Å². The van der Waals surface area contributed by atoms with Crippen molar-refractivity contribution in [2.45, 2.75) is 0 Å². The van der Waals surface area contributed by atoms with Crippen molar-refractivity contribution in [1.29, 1.82) is 0 Å². The lowest BCUT2D eigenvalue weighted by molar-refractivity contribution is -0.124. The number of ketones is 1. The van der Waals surface area contributed by atoms with Gasteiger partial charge in [0.05, 0.1) is 25.5 Å². The fourth-order valence-electron chi connectivity index (χ4n) is 2.34. The van der Waals surface area contributed by atoms with Crippen LogP contribution in [0.5, 0.6) is 0 Å². The topological polar surface area (TPSA) is 79.8 Å². The van der Waals surface area contributed by atoms with E-state index in [-0.39, 0.29) is 23.9 Å². The minimum atomic E-state index is -0.411. The summed E-state index contributed by atoms with van der Waals surface area (Å²) in [5.74, 6) is -0.0960. The van der Waals surface area contributed by atoms with Crippen molar-refractivity contribution in [3.8, 4) is 0 Å². The SMILES string of the molecule is O=C(CN1C(=O)CSC1=O)c1cc(Cl)cc(N2CCOCC2)n1. The average Bonchev–Trinajstić information content (AvgIpc) is 2.87. The third-order valence-corrected chi connectivity index (χ3v) is 4.62. The Bertz CT molecular complexity index is 647. The summed E-state index contributed by atoms with van der Waals surface area (Å²) in [6.07, 6.45) is 0. The third kappa shape index (κ3) is 3.65. The predicted molar refractivity (Wildman–Crippen MR) is 86.2 cm³/mol. The molecule has 2 aliphatic heterocycles. The minimum Gasteiger partial charge on any atom is -0.378 e. The van der Waals surface area contributed by atoms with E-state index < -0.39 is 11.0 Å². The molecule has 0 aliphatic carbocycles. The first kappa shape index (κ1) is 16.2. The zero-order valence-electron chi connectivity index (χ0n) is 12.2. The van der Waals surface area contributed by atoms with Gasteiger partial charge in [0.1, 0.15) is 11.5 Å². The number of Topliss-reactive ketones (excluding diaryl/α,β-unsaturated/α-hetero) is 1. The van der Waals surface area contributed by atoms with Crippen LogP contribution in [0.4, 0.5) is 10.6 Å². The highest BCUT2D eigenvalue weighted by Crippen LogP contribution is 2.22. The quantitative estimate of drug-likeness (QED) is 0.756. The molecule has 1 aromatic heterocycles. The van der Waals surface area contributed by atoms with Gasteiger partial charge >= 0.3 is 0 Å². The molecule has 7 nitrogen and oxygen atoms in total. The lowest BCUT2D eigenvalue weighted by atomic mass is 10.2. The van der Waals surface area contributed by atoms with E-state index in [2.05, 4.69) is 4.98 Å². The van der Waals surface area contributed by atoms with Crippen LogP contribution in [0.3, 0.4) is 0 Å². The number of carbonyl (C=O) groups is 3. The number of nitrogens with zero attached hydrogens (tertiary/aromatic N) is 3. The Morgan fingerprint density at radius 1 is 1.30 bits per heavy atom. The van der Waals surface area contributed by atoms with Gasteiger partial charge in [-0.1, -0.05) is 23.4 Å². The summed E-state index contributed by atoms with van der Waals surface area (Å²) < 4.78 is 5.29. The number of anilines is 1. The lowest BCUT2D eigenvalue weighted by Gasteiger charge is -2.28. The molecule has 0 atom stereocenters. The molecule has 2 amide bonds. The fourth-order valence-corrected chi connectivity index (χ4v) is 3.27. The molecular formula is C14H14ClN3O4S. The molecule has 23 heavy (non-hydrogen) atoms. The molecule has 1 aromatic rings. The molecule has 122 valence electrons. The lowest BCUT2D eigenvalue weighted by Crippen LogP contribution is -2.37. The van der Waals surface area contributed by atoms with Crippen LogP contribution >= 0.6 is 23.4 Å². The molecule has 0 radical (unpaired) electrons. The number of imide groups is 1. The molecule has 9 heteroatoms. The van der Waals surface area contributed by atoms with Gasteiger partial charge in [-0.2, -0.15) is 0 Å². The van der Waals surface area contributed by atoms with Crippen LogP contribution in [0.25, 0.3) is 0 Å². The number of hydrogen-bond acceptors (Lipinski definition) is 7. The second-order valence-corrected chi connectivity index (χ2v) is 6.45. The average molecular weight is 356 g/mol. The van der Waals surface area contributed by atoms with E-state index in [1.54, 1.807) is 6.07 Å².